The molecule has 0 amide bonds. The average molecular weight is 385 g/mol. The lowest BCUT2D eigenvalue weighted by molar-refractivity contribution is 0.0601. The van der Waals surface area contributed by atoms with Gasteiger partial charge in [0.1, 0.15) is 5.82 Å². The number of hydrogen-bond donors (Lipinski definition) is 2. The zero-order valence-electron chi connectivity index (χ0n) is 13.8. The molecule has 134 valence electrons. The van der Waals surface area contributed by atoms with Crippen LogP contribution in [0.5, 0.6) is 0 Å². The first kappa shape index (κ1) is 19.0. The number of methoxy groups -OCH3 is 1. The topological polar surface area (TPSA) is 101 Å². The van der Waals surface area contributed by atoms with Crippen LogP contribution in [-0.2, 0) is 14.9 Å². The van der Waals surface area contributed by atoms with E-state index in [1.807, 2.05) is 0 Å². The predicted molar refractivity (Wildman–Crippen MR) is 96.5 cm³/mol. The van der Waals surface area contributed by atoms with Crippen LogP contribution in [0.2, 0.25) is 5.02 Å². The molecule has 0 aliphatic rings. The number of pyridine rings is 1. The zero-order chi connectivity index (χ0) is 18.6. The van der Waals surface area contributed by atoms with E-state index in [-0.39, 0.29) is 5.82 Å². The van der Waals surface area contributed by atoms with Crippen molar-refractivity contribution in [3.63, 3.8) is 0 Å². The molecule has 0 spiro atoms. The summed E-state index contributed by atoms with van der Waals surface area (Å²) in [5.41, 5.74) is 1.41. The Bertz CT molecular complexity index is 870. The highest BCUT2D eigenvalue weighted by Gasteiger charge is 2.14. The summed E-state index contributed by atoms with van der Waals surface area (Å²) in [5, 5.41) is 3.42. The number of carbonyl (C=O) groups is 1. The Kier molecular flexibility index (Phi) is 5.83. The first-order valence-corrected chi connectivity index (χ1v) is 8.86. The number of anilines is 3. The molecule has 2 aromatic rings. The van der Waals surface area contributed by atoms with Crippen molar-refractivity contribution in [2.75, 3.05) is 31.2 Å². The molecule has 0 bridgehead atoms. The molecular formula is C15H17ClN4O4S. The third-order valence-electron chi connectivity index (χ3n) is 3.14. The Hall–Kier alpha value is -2.36. The first-order valence-electron chi connectivity index (χ1n) is 7.04. The van der Waals surface area contributed by atoms with Gasteiger partial charge in [-0.2, -0.15) is 12.7 Å². The molecule has 25 heavy (non-hydrogen) atoms. The van der Waals surface area contributed by atoms with E-state index >= 15 is 0 Å². The lowest BCUT2D eigenvalue weighted by Crippen LogP contribution is -2.29. The number of ether oxygens (including phenoxy) is 1. The van der Waals surface area contributed by atoms with E-state index in [9.17, 15) is 13.2 Å². The molecule has 1 heterocycles. The number of esters is 1. The van der Waals surface area contributed by atoms with Gasteiger partial charge in [-0.05, 0) is 30.3 Å². The Balaban J connectivity index is 2.18. The van der Waals surface area contributed by atoms with Crippen molar-refractivity contribution in [1.29, 1.82) is 0 Å². The summed E-state index contributed by atoms with van der Waals surface area (Å²) < 4.78 is 31.5. The van der Waals surface area contributed by atoms with Crippen molar-refractivity contribution >= 4 is 45.0 Å². The highest BCUT2D eigenvalue weighted by atomic mass is 35.5. The summed E-state index contributed by atoms with van der Waals surface area (Å²) in [7, 11) is 0.496. The maximum atomic E-state index is 11.7. The van der Waals surface area contributed by atoms with Gasteiger partial charge < -0.3 is 10.1 Å². The minimum Gasteiger partial charge on any atom is -0.465 e. The maximum Gasteiger partial charge on any atom is 0.337 e. The van der Waals surface area contributed by atoms with Crippen molar-refractivity contribution in [3.05, 3.63) is 47.1 Å². The van der Waals surface area contributed by atoms with Crippen molar-refractivity contribution in [2.24, 2.45) is 0 Å². The Labute approximate surface area is 151 Å². The SMILES string of the molecule is COC(=O)c1ccc(Cl)c(Nc2ccc(NS(=O)(=O)N(C)C)nc2)c1. The molecule has 10 heteroatoms. The molecule has 0 fully saturated rings. The third-order valence-corrected chi connectivity index (χ3v) is 4.90. The van der Waals surface area contributed by atoms with Crippen LogP contribution in [0.1, 0.15) is 10.4 Å². The second-order valence-electron chi connectivity index (χ2n) is 5.13. The molecule has 1 aromatic carbocycles. The molecule has 2 rings (SSSR count). The second-order valence-corrected chi connectivity index (χ2v) is 7.42. The quantitative estimate of drug-likeness (QED) is 0.742. The molecule has 1 aromatic heterocycles. The lowest BCUT2D eigenvalue weighted by atomic mass is 10.2. The number of carbonyl (C=O) groups excluding carboxylic acids is 1. The molecular weight excluding hydrogens is 368 g/mol. The van der Waals surface area contributed by atoms with Crippen LogP contribution in [0.25, 0.3) is 0 Å². The third kappa shape index (κ3) is 4.81. The largest absolute Gasteiger partial charge is 0.465 e. The van der Waals surface area contributed by atoms with E-state index in [1.54, 1.807) is 24.3 Å². The van der Waals surface area contributed by atoms with Gasteiger partial charge >= 0.3 is 16.2 Å². The van der Waals surface area contributed by atoms with Gasteiger partial charge in [0.05, 0.1) is 35.3 Å². The highest BCUT2D eigenvalue weighted by Crippen LogP contribution is 2.27. The van der Waals surface area contributed by atoms with Crippen LogP contribution in [0, 0.1) is 0 Å². The van der Waals surface area contributed by atoms with Gasteiger partial charge in [-0.3, -0.25) is 4.72 Å². The van der Waals surface area contributed by atoms with Gasteiger partial charge in [0.25, 0.3) is 0 Å². The van der Waals surface area contributed by atoms with Gasteiger partial charge in [0, 0.05) is 14.1 Å². The number of aromatic nitrogens is 1. The Morgan fingerprint density at radius 2 is 1.96 bits per heavy atom. The van der Waals surface area contributed by atoms with E-state index in [1.165, 1.54) is 33.5 Å². The number of rotatable bonds is 6. The van der Waals surface area contributed by atoms with Crippen LogP contribution < -0.4 is 10.0 Å². The van der Waals surface area contributed by atoms with Gasteiger partial charge in [-0.15, -0.1) is 0 Å². The number of nitrogens with one attached hydrogen (secondary N) is 2. The molecule has 0 atom stereocenters. The van der Waals surface area contributed by atoms with E-state index in [2.05, 4.69) is 19.8 Å². The smallest absolute Gasteiger partial charge is 0.337 e. The predicted octanol–water partition coefficient (Wildman–Crippen LogP) is 2.48. The normalized spacial score (nSPS) is 11.2. The van der Waals surface area contributed by atoms with Gasteiger partial charge in [-0.1, -0.05) is 11.6 Å². The number of halogens is 1. The van der Waals surface area contributed by atoms with Crippen LogP contribution in [0.15, 0.2) is 36.5 Å². The first-order chi connectivity index (χ1) is 11.7. The highest BCUT2D eigenvalue weighted by molar-refractivity contribution is 7.90. The molecule has 0 aliphatic carbocycles. The van der Waals surface area contributed by atoms with E-state index in [0.717, 1.165) is 4.31 Å². The van der Waals surface area contributed by atoms with Gasteiger partial charge in [0.15, 0.2) is 0 Å². The fourth-order valence-electron chi connectivity index (χ4n) is 1.77. The Morgan fingerprint density at radius 1 is 1.24 bits per heavy atom. The Morgan fingerprint density at radius 3 is 2.52 bits per heavy atom. The summed E-state index contributed by atoms with van der Waals surface area (Å²) in [6.45, 7) is 0. The van der Waals surface area contributed by atoms with Crippen molar-refractivity contribution in [2.45, 2.75) is 0 Å². The van der Waals surface area contributed by atoms with E-state index < -0.39 is 16.2 Å². The number of nitrogens with zero attached hydrogens (tertiary/aromatic N) is 2. The monoisotopic (exact) mass is 384 g/mol. The summed E-state index contributed by atoms with van der Waals surface area (Å²) in [6, 6.07) is 7.81. The number of benzene rings is 1. The standard InChI is InChI=1S/C15H17ClN4O4S/c1-20(2)25(22,23)19-14-7-5-11(9-17-14)18-13-8-10(15(21)24-3)4-6-12(13)16/h4-9,18H,1-3H3,(H,17,19). The molecule has 8 nitrogen and oxygen atoms in total. The lowest BCUT2D eigenvalue weighted by Gasteiger charge is -2.13. The maximum absolute atomic E-state index is 11.7. The molecule has 0 saturated carbocycles. The van der Waals surface area contributed by atoms with Crippen LogP contribution in [0.4, 0.5) is 17.2 Å². The summed E-state index contributed by atoms with van der Waals surface area (Å²) in [5.74, 6) is -0.306. The average Bonchev–Trinajstić information content (AvgIpc) is 2.57. The molecule has 0 aliphatic heterocycles. The number of hydrogen-bond acceptors (Lipinski definition) is 6. The molecule has 0 saturated heterocycles. The molecule has 0 radical (unpaired) electrons. The summed E-state index contributed by atoms with van der Waals surface area (Å²) in [6.07, 6.45) is 1.44. The molecule has 2 N–H and O–H groups in total. The fraction of sp³-hybridized carbons (Fsp3) is 0.200. The van der Waals surface area contributed by atoms with Crippen LogP contribution in [-0.4, -0.2) is 44.9 Å². The molecule has 0 unspecified atom stereocenters. The van der Waals surface area contributed by atoms with Crippen molar-refractivity contribution in [3.8, 4) is 0 Å². The van der Waals surface area contributed by atoms with Gasteiger partial charge in [-0.25, -0.2) is 9.78 Å². The van der Waals surface area contributed by atoms with Crippen molar-refractivity contribution in [1.82, 2.24) is 9.29 Å². The van der Waals surface area contributed by atoms with Crippen LogP contribution >= 0.6 is 11.6 Å². The van der Waals surface area contributed by atoms with E-state index in [0.29, 0.717) is 22.0 Å². The van der Waals surface area contributed by atoms with Crippen molar-refractivity contribution < 1.29 is 17.9 Å². The van der Waals surface area contributed by atoms with Crippen LogP contribution in [0.3, 0.4) is 0 Å². The summed E-state index contributed by atoms with van der Waals surface area (Å²) >= 11 is 6.12. The van der Waals surface area contributed by atoms with Gasteiger partial charge in [0.2, 0.25) is 0 Å². The zero-order valence-corrected chi connectivity index (χ0v) is 15.4. The minimum absolute atomic E-state index is 0.175. The minimum atomic E-state index is -3.62. The summed E-state index contributed by atoms with van der Waals surface area (Å²) in [4.78, 5) is 15.6. The second kappa shape index (κ2) is 7.68. The van der Waals surface area contributed by atoms with E-state index in [4.69, 9.17) is 11.6 Å². The fourth-order valence-corrected chi connectivity index (χ4v) is 2.51.